The van der Waals surface area contributed by atoms with Crippen molar-refractivity contribution in [3.63, 3.8) is 0 Å². The fraction of sp³-hybridized carbons (Fsp3) is 0.714. The van der Waals surface area contributed by atoms with Crippen LogP contribution in [0.5, 0.6) is 0 Å². The molecule has 1 fully saturated rings. The van der Waals surface area contributed by atoms with Crippen LogP contribution in [0.1, 0.15) is 48.1 Å². The second-order valence-electron chi connectivity index (χ2n) is 5.26. The fourth-order valence-electron chi connectivity index (χ4n) is 2.50. The summed E-state index contributed by atoms with van der Waals surface area (Å²) >= 11 is 1.41. The van der Waals surface area contributed by atoms with Crippen LogP contribution in [0, 0.1) is 5.92 Å². The SMILES string of the molecule is CC1CCCCC1OCCNC(=O)c1csc(CN)n1.Cl. The molecule has 1 aliphatic carbocycles. The molecule has 1 aromatic heterocycles. The van der Waals surface area contributed by atoms with Gasteiger partial charge in [-0.15, -0.1) is 23.7 Å². The van der Waals surface area contributed by atoms with Crippen LogP contribution in [0.15, 0.2) is 5.38 Å². The quantitative estimate of drug-likeness (QED) is 0.783. The topological polar surface area (TPSA) is 77.2 Å². The Hall–Kier alpha value is -0.690. The fourth-order valence-corrected chi connectivity index (χ4v) is 3.16. The summed E-state index contributed by atoms with van der Waals surface area (Å²) in [6.07, 6.45) is 5.30. The lowest BCUT2D eigenvalue weighted by Crippen LogP contribution is -2.32. The Balaban J connectivity index is 0.00000220. The van der Waals surface area contributed by atoms with Crippen molar-refractivity contribution in [1.29, 1.82) is 0 Å². The van der Waals surface area contributed by atoms with Crippen molar-refractivity contribution in [3.05, 3.63) is 16.1 Å². The molecular weight excluding hydrogens is 310 g/mol. The van der Waals surface area contributed by atoms with Crippen LogP contribution in [-0.2, 0) is 11.3 Å². The van der Waals surface area contributed by atoms with Crippen LogP contribution < -0.4 is 11.1 Å². The van der Waals surface area contributed by atoms with Crippen molar-refractivity contribution in [3.8, 4) is 0 Å². The van der Waals surface area contributed by atoms with Crippen molar-refractivity contribution in [2.75, 3.05) is 13.2 Å². The van der Waals surface area contributed by atoms with E-state index in [9.17, 15) is 4.79 Å². The van der Waals surface area contributed by atoms with Crippen molar-refractivity contribution in [1.82, 2.24) is 10.3 Å². The minimum Gasteiger partial charge on any atom is -0.376 e. The molecule has 0 spiro atoms. The summed E-state index contributed by atoms with van der Waals surface area (Å²) < 4.78 is 5.86. The second kappa shape index (κ2) is 9.35. The van der Waals surface area contributed by atoms with E-state index < -0.39 is 0 Å². The first-order valence-corrected chi connectivity index (χ1v) is 8.13. The predicted molar refractivity (Wildman–Crippen MR) is 87.0 cm³/mol. The third kappa shape index (κ3) is 5.54. The lowest BCUT2D eigenvalue weighted by molar-refractivity contribution is -0.00295. The number of aromatic nitrogens is 1. The van der Waals surface area contributed by atoms with Gasteiger partial charge < -0.3 is 15.8 Å². The number of hydrogen-bond donors (Lipinski definition) is 2. The van der Waals surface area contributed by atoms with Gasteiger partial charge in [-0.2, -0.15) is 0 Å². The molecule has 1 saturated carbocycles. The molecule has 1 heterocycles. The van der Waals surface area contributed by atoms with E-state index in [4.69, 9.17) is 10.5 Å². The zero-order valence-corrected chi connectivity index (χ0v) is 14.0. The van der Waals surface area contributed by atoms with Gasteiger partial charge in [0, 0.05) is 18.5 Å². The number of nitrogens with two attached hydrogens (primary N) is 1. The van der Waals surface area contributed by atoms with Gasteiger partial charge in [-0.3, -0.25) is 4.79 Å². The molecule has 5 nitrogen and oxygen atoms in total. The number of hydrogen-bond acceptors (Lipinski definition) is 5. The van der Waals surface area contributed by atoms with Gasteiger partial charge in [-0.1, -0.05) is 19.8 Å². The highest BCUT2D eigenvalue weighted by molar-refractivity contribution is 7.09. The lowest BCUT2D eigenvalue weighted by Gasteiger charge is -2.28. The Bertz CT molecular complexity index is 442. The largest absolute Gasteiger partial charge is 0.376 e. The summed E-state index contributed by atoms with van der Waals surface area (Å²) in [5.41, 5.74) is 5.92. The molecule has 7 heteroatoms. The third-order valence-electron chi connectivity index (χ3n) is 3.71. The highest BCUT2D eigenvalue weighted by atomic mass is 35.5. The van der Waals surface area contributed by atoms with Gasteiger partial charge in [-0.25, -0.2) is 4.98 Å². The molecule has 1 aromatic rings. The standard InChI is InChI=1S/C14H23N3O2S.ClH/c1-10-4-2-3-5-12(10)19-7-6-16-14(18)11-9-20-13(8-15)17-11;/h9-10,12H,2-8,15H2,1H3,(H,16,18);1H. The average molecular weight is 334 g/mol. The molecule has 2 unspecified atom stereocenters. The van der Waals surface area contributed by atoms with Crippen LogP contribution in [0.4, 0.5) is 0 Å². The molecule has 0 saturated heterocycles. The van der Waals surface area contributed by atoms with E-state index in [2.05, 4.69) is 17.2 Å². The van der Waals surface area contributed by atoms with Gasteiger partial charge in [0.1, 0.15) is 10.7 Å². The summed E-state index contributed by atoms with van der Waals surface area (Å²) in [5.74, 6) is 0.478. The van der Waals surface area contributed by atoms with Crippen molar-refractivity contribution in [2.24, 2.45) is 11.7 Å². The van der Waals surface area contributed by atoms with E-state index in [0.717, 1.165) is 11.4 Å². The molecule has 2 atom stereocenters. The van der Waals surface area contributed by atoms with E-state index >= 15 is 0 Å². The van der Waals surface area contributed by atoms with E-state index in [0.29, 0.717) is 37.4 Å². The number of ether oxygens (including phenoxy) is 1. The second-order valence-corrected chi connectivity index (χ2v) is 6.20. The number of amides is 1. The Labute approximate surface area is 136 Å². The molecule has 21 heavy (non-hydrogen) atoms. The van der Waals surface area contributed by atoms with Crippen LogP contribution >= 0.6 is 23.7 Å². The molecule has 0 radical (unpaired) electrons. The van der Waals surface area contributed by atoms with Crippen LogP contribution in [-0.4, -0.2) is 30.1 Å². The van der Waals surface area contributed by atoms with Gasteiger partial charge in [0.25, 0.3) is 5.91 Å². The lowest BCUT2D eigenvalue weighted by atomic mass is 9.88. The Morgan fingerprint density at radius 1 is 1.52 bits per heavy atom. The van der Waals surface area contributed by atoms with E-state index in [1.807, 2.05) is 0 Å². The van der Waals surface area contributed by atoms with Gasteiger partial charge in [0.2, 0.25) is 0 Å². The van der Waals surface area contributed by atoms with Gasteiger partial charge in [0.15, 0.2) is 0 Å². The van der Waals surface area contributed by atoms with Crippen LogP contribution in [0.2, 0.25) is 0 Å². The highest BCUT2D eigenvalue weighted by Crippen LogP contribution is 2.25. The minimum atomic E-state index is -0.152. The van der Waals surface area contributed by atoms with Gasteiger partial charge in [-0.05, 0) is 18.8 Å². The molecule has 1 amide bonds. The Kier molecular flexibility index (Phi) is 8.18. The number of rotatable bonds is 6. The predicted octanol–water partition coefficient (Wildman–Crippen LogP) is 2.35. The molecule has 0 bridgehead atoms. The number of nitrogens with one attached hydrogen (secondary N) is 1. The van der Waals surface area contributed by atoms with Gasteiger partial charge in [0.05, 0.1) is 12.7 Å². The zero-order valence-electron chi connectivity index (χ0n) is 12.3. The van der Waals surface area contributed by atoms with Crippen molar-refractivity contribution in [2.45, 2.75) is 45.3 Å². The molecule has 0 aliphatic heterocycles. The number of halogens is 1. The molecular formula is C14H24ClN3O2S. The number of thiazole rings is 1. The molecule has 2 rings (SSSR count). The normalized spacial score (nSPS) is 21.6. The van der Waals surface area contributed by atoms with Crippen molar-refractivity contribution >= 4 is 29.7 Å². The molecule has 1 aliphatic rings. The van der Waals surface area contributed by atoms with E-state index in [-0.39, 0.29) is 18.3 Å². The number of carbonyl (C=O) groups excluding carboxylic acids is 1. The summed E-state index contributed by atoms with van der Waals surface area (Å²) in [6.45, 7) is 3.71. The van der Waals surface area contributed by atoms with Crippen LogP contribution in [0.3, 0.4) is 0 Å². The molecule has 120 valence electrons. The minimum absolute atomic E-state index is 0. The summed E-state index contributed by atoms with van der Waals surface area (Å²) in [4.78, 5) is 16.0. The number of nitrogens with zero attached hydrogens (tertiary/aromatic N) is 1. The van der Waals surface area contributed by atoms with Crippen molar-refractivity contribution < 1.29 is 9.53 Å². The maximum Gasteiger partial charge on any atom is 0.270 e. The molecule has 0 aromatic carbocycles. The monoisotopic (exact) mass is 333 g/mol. The highest BCUT2D eigenvalue weighted by Gasteiger charge is 2.21. The number of carbonyl (C=O) groups is 1. The Morgan fingerprint density at radius 2 is 2.29 bits per heavy atom. The van der Waals surface area contributed by atoms with E-state index in [1.54, 1.807) is 5.38 Å². The maximum absolute atomic E-state index is 11.8. The zero-order chi connectivity index (χ0) is 14.4. The van der Waals surface area contributed by atoms with E-state index in [1.165, 1.54) is 30.6 Å². The first-order chi connectivity index (χ1) is 9.70. The summed E-state index contributed by atoms with van der Waals surface area (Å²) in [6, 6.07) is 0. The summed E-state index contributed by atoms with van der Waals surface area (Å²) in [5, 5.41) is 5.35. The molecule has 3 N–H and O–H groups in total. The smallest absolute Gasteiger partial charge is 0.270 e. The first-order valence-electron chi connectivity index (χ1n) is 7.25. The maximum atomic E-state index is 11.8. The van der Waals surface area contributed by atoms with Gasteiger partial charge >= 0.3 is 0 Å². The third-order valence-corrected chi connectivity index (χ3v) is 4.58. The first kappa shape index (κ1) is 18.4. The van der Waals surface area contributed by atoms with Crippen LogP contribution in [0.25, 0.3) is 0 Å². The Morgan fingerprint density at radius 3 is 2.95 bits per heavy atom. The average Bonchev–Trinajstić information content (AvgIpc) is 2.94. The summed E-state index contributed by atoms with van der Waals surface area (Å²) in [7, 11) is 0.